The van der Waals surface area contributed by atoms with Crippen LogP contribution in [0.15, 0.2) is 59.1 Å². The second-order valence-corrected chi connectivity index (χ2v) is 8.80. The van der Waals surface area contributed by atoms with Gasteiger partial charge in [-0.3, -0.25) is 4.79 Å². The fourth-order valence-corrected chi connectivity index (χ4v) is 5.37. The first kappa shape index (κ1) is 20.1. The molecular formula is C23H22BrNO3S. The Labute approximate surface area is 183 Å². The van der Waals surface area contributed by atoms with Crippen LogP contribution in [0.3, 0.4) is 0 Å². The van der Waals surface area contributed by atoms with Crippen molar-refractivity contribution in [1.82, 2.24) is 4.90 Å². The number of fused-ring (bicyclic) bond motifs is 1. The van der Waals surface area contributed by atoms with Crippen LogP contribution >= 0.6 is 27.7 Å². The van der Waals surface area contributed by atoms with Crippen molar-refractivity contribution in [2.45, 2.75) is 12.3 Å². The summed E-state index contributed by atoms with van der Waals surface area (Å²) in [6.07, 6.45) is 0. The Morgan fingerprint density at radius 3 is 2.76 bits per heavy atom. The molecular weight excluding hydrogens is 450 g/mol. The molecule has 150 valence electrons. The van der Waals surface area contributed by atoms with Gasteiger partial charge in [-0.05, 0) is 42.0 Å². The maximum Gasteiger partial charge on any atom is 0.259 e. The molecule has 0 aliphatic carbocycles. The van der Waals surface area contributed by atoms with E-state index in [1.807, 2.05) is 66.4 Å². The molecule has 1 saturated heterocycles. The van der Waals surface area contributed by atoms with Crippen molar-refractivity contribution >= 4 is 44.4 Å². The average molecular weight is 472 g/mol. The molecule has 0 aromatic heterocycles. The molecule has 6 heteroatoms. The van der Waals surface area contributed by atoms with Crippen LogP contribution in [0.1, 0.15) is 28.2 Å². The molecule has 0 saturated carbocycles. The third-order valence-corrected chi connectivity index (χ3v) is 6.75. The van der Waals surface area contributed by atoms with Gasteiger partial charge in [-0.15, -0.1) is 11.8 Å². The van der Waals surface area contributed by atoms with Crippen LogP contribution < -0.4 is 9.47 Å². The van der Waals surface area contributed by atoms with Crippen LogP contribution in [0.2, 0.25) is 0 Å². The SMILES string of the molecule is CCOc1ccc2ccccc2c1C(=O)N1CCSC1c1cc(Br)ccc1OC. The molecule has 1 atom stereocenters. The van der Waals surface area contributed by atoms with Crippen molar-refractivity contribution in [2.24, 2.45) is 0 Å². The Kier molecular flexibility index (Phi) is 6.01. The highest BCUT2D eigenvalue weighted by atomic mass is 79.9. The van der Waals surface area contributed by atoms with Gasteiger partial charge in [-0.2, -0.15) is 0 Å². The summed E-state index contributed by atoms with van der Waals surface area (Å²) in [7, 11) is 1.66. The van der Waals surface area contributed by atoms with Crippen LogP contribution in [0, 0.1) is 0 Å². The molecule has 4 rings (SSSR count). The lowest BCUT2D eigenvalue weighted by Gasteiger charge is -2.27. The third kappa shape index (κ3) is 3.83. The average Bonchev–Trinajstić information content (AvgIpc) is 3.23. The zero-order valence-corrected chi connectivity index (χ0v) is 18.8. The van der Waals surface area contributed by atoms with Crippen LogP contribution in [0.5, 0.6) is 11.5 Å². The number of rotatable bonds is 5. The summed E-state index contributed by atoms with van der Waals surface area (Å²) in [5, 5.41) is 1.84. The predicted molar refractivity (Wildman–Crippen MR) is 122 cm³/mol. The Morgan fingerprint density at radius 2 is 1.97 bits per heavy atom. The van der Waals surface area contributed by atoms with E-state index in [9.17, 15) is 4.79 Å². The van der Waals surface area contributed by atoms with Gasteiger partial charge < -0.3 is 14.4 Å². The Balaban J connectivity index is 1.80. The van der Waals surface area contributed by atoms with Gasteiger partial charge >= 0.3 is 0 Å². The van der Waals surface area contributed by atoms with Crippen LogP contribution in [0.25, 0.3) is 10.8 Å². The standard InChI is InChI=1S/C23H22BrNO3S/c1-3-28-20-10-8-15-6-4-5-7-17(15)21(20)22(26)25-12-13-29-23(25)18-14-16(24)9-11-19(18)27-2/h4-11,14,23H,3,12-13H2,1-2H3. The smallest absolute Gasteiger partial charge is 0.259 e. The lowest BCUT2D eigenvalue weighted by atomic mass is 10.0. The maximum atomic E-state index is 13.8. The number of thioether (sulfide) groups is 1. The number of amides is 1. The first-order valence-corrected chi connectivity index (χ1v) is 11.4. The molecule has 1 fully saturated rings. The highest BCUT2D eigenvalue weighted by Gasteiger charge is 2.35. The van der Waals surface area contributed by atoms with E-state index in [-0.39, 0.29) is 11.3 Å². The quantitative estimate of drug-likeness (QED) is 0.464. The number of benzene rings is 3. The summed E-state index contributed by atoms with van der Waals surface area (Å²) in [6, 6.07) is 17.8. The fraction of sp³-hybridized carbons (Fsp3) is 0.261. The van der Waals surface area contributed by atoms with Crippen molar-refractivity contribution in [1.29, 1.82) is 0 Å². The zero-order chi connectivity index (χ0) is 20.4. The van der Waals surface area contributed by atoms with Gasteiger partial charge in [0.25, 0.3) is 5.91 Å². The van der Waals surface area contributed by atoms with Gasteiger partial charge in [0, 0.05) is 22.3 Å². The Morgan fingerprint density at radius 1 is 1.17 bits per heavy atom. The first-order chi connectivity index (χ1) is 14.1. The normalized spacial score (nSPS) is 16.2. The van der Waals surface area contributed by atoms with Crippen molar-refractivity contribution in [3.63, 3.8) is 0 Å². The maximum absolute atomic E-state index is 13.8. The van der Waals surface area contributed by atoms with E-state index >= 15 is 0 Å². The largest absolute Gasteiger partial charge is 0.496 e. The van der Waals surface area contributed by atoms with Gasteiger partial charge in [0.1, 0.15) is 16.9 Å². The monoisotopic (exact) mass is 471 g/mol. The van der Waals surface area contributed by atoms with E-state index in [1.54, 1.807) is 18.9 Å². The molecule has 1 amide bonds. The minimum atomic E-state index is -0.108. The lowest BCUT2D eigenvalue weighted by Crippen LogP contribution is -2.31. The zero-order valence-electron chi connectivity index (χ0n) is 16.4. The summed E-state index contributed by atoms with van der Waals surface area (Å²) in [5.41, 5.74) is 1.63. The number of methoxy groups -OCH3 is 1. The number of halogens is 1. The van der Waals surface area contributed by atoms with E-state index < -0.39 is 0 Å². The van der Waals surface area contributed by atoms with Gasteiger partial charge in [0.05, 0.1) is 19.3 Å². The van der Waals surface area contributed by atoms with Crippen molar-refractivity contribution in [3.8, 4) is 11.5 Å². The van der Waals surface area contributed by atoms with Crippen LogP contribution in [-0.2, 0) is 0 Å². The number of ether oxygens (including phenoxy) is 2. The second kappa shape index (κ2) is 8.67. The van der Waals surface area contributed by atoms with Crippen LogP contribution in [-0.4, -0.2) is 36.8 Å². The molecule has 1 heterocycles. The topological polar surface area (TPSA) is 38.8 Å². The molecule has 0 spiro atoms. The van der Waals surface area contributed by atoms with Gasteiger partial charge in [-0.1, -0.05) is 46.3 Å². The van der Waals surface area contributed by atoms with E-state index in [1.165, 1.54) is 0 Å². The minimum absolute atomic E-state index is 0.0118. The summed E-state index contributed by atoms with van der Waals surface area (Å²) < 4.78 is 12.4. The highest BCUT2D eigenvalue weighted by Crippen LogP contribution is 2.44. The summed E-state index contributed by atoms with van der Waals surface area (Å²) in [6.45, 7) is 3.12. The molecule has 3 aromatic carbocycles. The van der Waals surface area contributed by atoms with Gasteiger partial charge in [-0.25, -0.2) is 0 Å². The number of hydrogen-bond acceptors (Lipinski definition) is 4. The van der Waals surface area contributed by atoms with Crippen LogP contribution in [0.4, 0.5) is 0 Å². The molecule has 1 aliphatic rings. The summed E-state index contributed by atoms with van der Waals surface area (Å²) >= 11 is 5.30. The van der Waals surface area contributed by atoms with Crippen molar-refractivity contribution in [2.75, 3.05) is 26.0 Å². The van der Waals surface area contributed by atoms with E-state index in [0.29, 0.717) is 24.5 Å². The molecule has 4 nitrogen and oxygen atoms in total. The van der Waals surface area contributed by atoms with Crippen molar-refractivity contribution < 1.29 is 14.3 Å². The highest BCUT2D eigenvalue weighted by molar-refractivity contribution is 9.10. The molecule has 0 radical (unpaired) electrons. The molecule has 0 N–H and O–H groups in total. The van der Waals surface area contributed by atoms with E-state index in [4.69, 9.17) is 9.47 Å². The van der Waals surface area contributed by atoms with E-state index in [2.05, 4.69) is 15.9 Å². The predicted octanol–water partition coefficient (Wildman–Crippen LogP) is 5.90. The molecule has 1 aliphatic heterocycles. The lowest BCUT2D eigenvalue weighted by molar-refractivity contribution is 0.0757. The molecule has 1 unspecified atom stereocenters. The molecule has 0 bridgehead atoms. The van der Waals surface area contributed by atoms with Crippen molar-refractivity contribution in [3.05, 3.63) is 70.2 Å². The third-order valence-electron chi connectivity index (χ3n) is 5.01. The fourth-order valence-electron chi connectivity index (χ4n) is 3.73. The van der Waals surface area contributed by atoms with Gasteiger partial charge in [0.15, 0.2) is 0 Å². The van der Waals surface area contributed by atoms with Gasteiger partial charge in [0.2, 0.25) is 0 Å². The number of carbonyl (C=O) groups excluding carboxylic acids is 1. The minimum Gasteiger partial charge on any atom is -0.496 e. The van der Waals surface area contributed by atoms with E-state index in [0.717, 1.165) is 32.3 Å². The summed E-state index contributed by atoms with van der Waals surface area (Å²) in [5.74, 6) is 2.28. The Hall–Kier alpha value is -2.18. The molecule has 29 heavy (non-hydrogen) atoms. The second-order valence-electron chi connectivity index (χ2n) is 6.70. The number of carbonyl (C=O) groups is 1. The Bertz CT molecular complexity index is 1060. The molecule has 3 aromatic rings. The first-order valence-electron chi connectivity index (χ1n) is 9.54. The summed E-state index contributed by atoms with van der Waals surface area (Å²) in [4.78, 5) is 15.7. The number of nitrogens with zero attached hydrogens (tertiary/aromatic N) is 1. The number of hydrogen-bond donors (Lipinski definition) is 0.